The number of hydrogen-bond donors (Lipinski definition) is 5. The molecule has 3 aromatic carbocycles. The summed E-state index contributed by atoms with van der Waals surface area (Å²) in [6, 6.07) is 36.7. The standard InChI is InChI=1S/C17H19N3O2.C17H20N2.C11H15N.C6H5NO.CH4.ClH.H3NO/c1-20(13-16-3-2-10-18-11-16)12-15-6-4-14(5-7-15)8-9-17(21)19-22;1-3-5-15-7-9-16(10-8-15)13-19(2)14-17-6-4-11-18-12-17;1-3-4-10-5-7-11(8-6-10)9-12-2;8-5-6-2-1-3-7-4-6;;;1-2/h2-11,22H,12-13H2,1H3,(H,19,21);3-12H,13-14H2,1-2H3;3-8,12H,9H2,1-2H3;1-5H;1H4;1H;2H,1H2/b9-8+;5-3+;4-3+;;;;. The molecule has 0 saturated heterocycles. The summed E-state index contributed by atoms with van der Waals surface area (Å²) in [5.41, 5.74) is 11.9. The van der Waals surface area contributed by atoms with E-state index in [9.17, 15) is 9.59 Å². The lowest BCUT2D eigenvalue weighted by atomic mass is 10.1. The highest BCUT2D eigenvalue weighted by Crippen LogP contribution is 2.12. The van der Waals surface area contributed by atoms with Gasteiger partial charge in [-0.05, 0) is 110 Å². The van der Waals surface area contributed by atoms with Crippen molar-refractivity contribution in [1.29, 1.82) is 0 Å². The molecular formula is C52H67ClN8O4. The first-order valence-corrected chi connectivity index (χ1v) is 20.3. The van der Waals surface area contributed by atoms with Crippen LogP contribution < -0.4 is 16.7 Å². The van der Waals surface area contributed by atoms with Gasteiger partial charge in [-0.15, -0.1) is 12.4 Å². The Morgan fingerprint density at radius 3 is 1.29 bits per heavy atom. The summed E-state index contributed by atoms with van der Waals surface area (Å²) in [7, 11) is 6.15. The molecule has 12 nitrogen and oxygen atoms in total. The van der Waals surface area contributed by atoms with Crippen molar-refractivity contribution in [2.24, 2.45) is 5.90 Å². The number of rotatable bonds is 15. The number of carbonyl (C=O) groups excluding carboxylic acids is 2. The zero-order valence-corrected chi connectivity index (χ0v) is 38.2. The second-order valence-electron chi connectivity index (χ2n) is 14.0. The minimum atomic E-state index is -0.541. The maximum atomic E-state index is 10.9. The Morgan fingerprint density at radius 1 is 0.585 bits per heavy atom. The molecule has 346 valence electrons. The number of aldehydes is 1. The molecule has 0 aliphatic rings. The zero-order chi connectivity index (χ0) is 45.9. The number of nitrogens with two attached hydrogens (primary N) is 1. The number of benzene rings is 3. The molecule has 3 heterocycles. The van der Waals surface area contributed by atoms with Crippen molar-refractivity contribution in [2.45, 2.75) is 54.0 Å². The fraction of sp³-hybridized carbons (Fsp3) is 0.212. The van der Waals surface area contributed by atoms with Crippen molar-refractivity contribution in [3.63, 3.8) is 0 Å². The molecule has 0 aliphatic heterocycles. The van der Waals surface area contributed by atoms with Crippen LogP contribution in [0.3, 0.4) is 0 Å². The van der Waals surface area contributed by atoms with Crippen molar-refractivity contribution >= 4 is 42.8 Å². The van der Waals surface area contributed by atoms with Crippen LogP contribution >= 0.6 is 12.4 Å². The number of amides is 1. The molecule has 0 bridgehead atoms. The average molecular weight is 904 g/mol. The van der Waals surface area contributed by atoms with Crippen LogP contribution in [0.1, 0.15) is 76.1 Å². The SMILES string of the molecule is C.C/C=C/c1ccc(CN(C)Cc2cccnc2)cc1.C/C=C/c1ccc(CNC)cc1.CN(Cc1ccc(/C=C/C(=O)NO)cc1)Cc1cccnc1.Cl.NO.O=Cc1cccnc1. The van der Waals surface area contributed by atoms with Crippen LogP contribution in [0.25, 0.3) is 18.2 Å². The summed E-state index contributed by atoms with van der Waals surface area (Å²) in [4.78, 5) is 37.4. The Balaban J connectivity index is 0.000000865. The van der Waals surface area contributed by atoms with E-state index in [1.165, 1.54) is 51.2 Å². The van der Waals surface area contributed by atoms with Crippen LogP contribution in [-0.4, -0.2) is 68.5 Å². The molecule has 6 rings (SSSR count). The van der Waals surface area contributed by atoms with Gasteiger partial charge in [0.05, 0.1) is 0 Å². The normalized spacial score (nSPS) is 10.2. The van der Waals surface area contributed by atoms with Crippen molar-refractivity contribution in [2.75, 3.05) is 21.1 Å². The fourth-order valence-corrected chi connectivity index (χ4v) is 5.80. The highest BCUT2D eigenvalue weighted by Gasteiger charge is 2.03. The van der Waals surface area contributed by atoms with Crippen molar-refractivity contribution in [3.05, 3.63) is 215 Å². The van der Waals surface area contributed by atoms with Crippen LogP contribution in [0, 0.1) is 0 Å². The molecule has 3 aromatic heterocycles. The average Bonchev–Trinajstić information content (AvgIpc) is 3.32. The largest absolute Gasteiger partial charge is 0.320 e. The van der Waals surface area contributed by atoms with E-state index in [1.807, 2.05) is 82.0 Å². The molecule has 0 atom stereocenters. The molecule has 6 N–H and O–H groups in total. The van der Waals surface area contributed by atoms with Crippen LogP contribution in [0.5, 0.6) is 0 Å². The molecule has 0 spiro atoms. The first-order valence-electron chi connectivity index (χ1n) is 20.3. The summed E-state index contributed by atoms with van der Waals surface area (Å²) in [5.74, 6) is 2.96. The van der Waals surface area contributed by atoms with Crippen molar-refractivity contribution in [3.8, 4) is 0 Å². The summed E-state index contributed by atoms with van der Waals surface area (Å²) >= 11 is 0. The van der Waals surface area contributed by atoms with Gasteiger partial charge in [0.1, 0.15) is 0 Å². The smallest absolute Gasteiger partial charge is 0.267 e. The molecule has 0 aliphatic carbocycles. The van der Waals surface area contributed by atoms with Gasteiger partial charge in [0, 0.05) is 81.5 Å². The quantitative estimate of drug-likeness (QED) is 0.0288. The van der Waals surface area contributed by atoms with E-state index >= 15 is 0 Å². The lowest BCUT2D eigenvalue weighted by Gasteiger charge is -2.16. The van der Waals surface area contributed by atoms with E-state index in [1.54, 1.807) is 36.1 Å². The van der Waals surface area contributed by atoms with Gasteiger partial charge in [-0.3, -0.25) is 39.5 Å². The van der Waals surface area contributed by atoms with Crippen LogP contribution in [0.15, 0.2) is 165 Å². The van der Waals surface area contributed by atoms with Crippen molar-refractivity contribution < 1.29 is 20.0 Å². The van der Waals surface area contributed by atoms with Gasteiger partial charge in [0.25, 0.3) is 5.91 Å². The van der Waals surface area contributed by atoms with Gasteiger partial charge >= 0.3 is 0 Å². The molecular weight excluding hydrogens is 836 g/mol. The van der Waals surface area contributed by atoms with Gasteiger partial charge in [-0.2, -0.15) is 0 Å². The third kappa shape index (κ3) is 26.7. The van der Waals surface area contributed by atoms with E-state index < -0.39 is 5.91 Å². The highest BCUT2D eigenvalue weighted by molar-refractivity contribution is 5.90. The number of nitrogens with zero attached hydrogens (tertiary/aromatic N) is 5. The number of hydroxylamine groups is 1. The first-order chi connectivity index (χ1) is 30.7. The monoisotopic (exact) mass is 902 g/mol. The van der Waals surface area contributed by atoms with Crippen molar-refractivity contribution in [1.82, 2.24) is 35.5 Å². The number of nitrogens with one attached hydrogen (secondary N) is 2. The van der Waals surface area contributed by atoms with Crippen LogP contribution in [0.2, 0.25) is 0 Å². The Hall–Kier alpha value is -6.48. The molecule has 65 heavy (non-hydrogen) atoms. The number of halogens is 1. The minimum absolute atomic E-state index is 0. The van der Waals surface area contributed by atoms with E-state index in [0.29, 0.717) is 5.56 Å². The van der Waals surface area contributed by atoms with Gasteiger partial charge in [0.15, 0.2) is 6.29 Å². The number of allylic oxidation sites excluding steroid dienone is 2. The summed E-state index contributed by atoms with van der Waals surface area (Å²) in [5, 5.41) is 18.0. The van der Waals surface area contributed by atoms with Gasteiger partial charge in [-0.1, -0.05) is 117 Å². The van der Waals surface area contributed by atoms with Gasteiger partial charge < -0.3 is 10.5 Å². The van der Waals surface area contributed by atoms with Gasteiger partial charge in [0.2, 0.25) is 0 Å². The fourth-order valence-electron chi connectivity index (χ4n) is 5.80. The maximum absolute atomic E-state index is 10.9. The Kier molecular flexibility index (Phi) is 33.3. The highest BCUT2D eigenvalue weighted by atomic mass is 35.5. The van der Waals surface area contributed by atoms with E-state index in [4.69, 9.17) is 10.4 Å². The molecule has 13 heteroatoms. The third-order valence-electron chi connectivity index (χ3n) is 8.65. The molecule has 0 unspecified atom stereocenters. The summed E-state index contributed by atoms with van der Waals surface area (Å²) in [6.45, 7) is 8.55. The lowest BCUT2D eigenvalue weighted by molar-refractivity contribution is -0.124. The minimum Gasteiger partial charge on any atom is -0.320 e. The van der Waals surface area contributed by atoms with E-state index in [0.717, 1.165) is 44.6 Å². The number of hydrogen-bond acceptors (Lipinski definition) is 11. The molecule has 0 saturated carbocycles. The zero-order valence-electron chi connectivity index (χ0n) is 37.4. The molecule has 0 fully saturated rings. The topological polar surface area (TPSA) is 170 Å². The number of aromatic nitrogens is 3. The third-order valence-corrected chi connectivity index (χ3v) is 8.65. The van der Waals surface area contributed by atoms with Gasteiger partial charge in [-0.25, -0.2) is 11.4 Å². The summed E-state index contributed by atoms with van der Waals surface area (Å²) in [6.07, 6.45) is 22.5. The predicted octanol–water partition coefficient (Wildman–Crippen LogP) is 9.70. The Bertz CT molecular complexity index is 2180. The lowest BCUT2D eigenvalue weighted by Crippen LogP contribution is -2.17. The predicted molar refractivity (Wildman–Crippen MR) is 269 cm³/mol. The maximum Gasteiger partial charge on any atom is 0.267 e. The molecule has 1 amide bonds. The van der Waals surface area contributed by atoms with E-state index in [-0.39, 0.29) is 19.8 Å². The first kappa shape index (κ1) is 58.5. The number of pyridine rings is 3. The van der Waals surface area contributed by atoms with Crippen LogP contribution in [0.4, 0.5) is 0 Å². The Labute approximate surface area is 392 Å². The van der Waals surface area contributed by atoms with E-state index in [2.05, 4.69) is 129 Å². The van der Waals surface area contributed by atoms with Crippen LogP contribution in [-0.2, 0) is 37.5 Å². The summed E-state index contributed by atoms with van der Waals surface area (Å²) < 4.78 is 0. The number of carbonyl (C=O) groups is 2. The molecule has 6 aromatic rings. The second-order valence-corrected chi connectivity index (χ2v) is 14.0. The second kappa shape index (κ2) is 36.9. The molecule has 0 radical (unpaired) electrons. The Morgan fingerprint density at radius 2 is 0.969 bits per heavy atom.